The number of phosphoric acid groups is 1. The molecule has 3 aliphatic heterocycles. The average molecular weight is 422 g/mol. The van der Waals surface area contributed by atoms with Crippen LogP contribution in [0.25, 0.3) is 0 Å². The van der Waals surface area contributed by atoms with E-state index in [1.54, 1.807) is 50.2 Å². The standard InChI is InChI=1S/C20H20FO7P/c1-20(2)24-18-17-16(23-19(18)25-20)15(12-8-10-13(21)11-9-12)27-29(22,28-17)26-14-6-4-3-5-7-14/h3-11,15-19H,1-2H3/t15-,16-,17+,18-,19-,29-/m1/s1. The smallest absolute Gasteiger partial charge is 0.404 e. The fourth-order valence-electron chi connectivity index (χ4n) is 3.80. The molecule has 0 saturated carbocycles. The van der Waals surface area contributed by atoms with Crippen molar-refractivity contribution in [2.45, 2.75) is 50.3 Å². The Morgan fingerprint density at radius 3 is 2.38 bits per heavy atom. The Balaban J connectivity index is 1.49. The third kappa shape index (κ3) is 3.61. The molecule has 3 heterocycles. The van der Waals surface area contributed by atoms with Crippen molar-refractivity contribution >= 4 is 7.82 Å². The van der Waals surface area contributed by atoms with E-state index in [2.05, 4.69) is 0 Å². The molecule has 2 aromatic carbocycles. The van der Waals surface area contributed by atoms with E-state index < -0.39 is 50.1 Å². The van der Waals surface area contributed by atoms with Crippen molar-refractivity contribution in [3.05, 3.63) is 66.0 Å². The number of hydrogen-bond acceptors (Lipinski definition) is 7. The topological polar surface area (TPSA) is 72.5 Å². The van der Waals surface area contributed by atoms with E-state index in [1.165, 1.54) is 12.1 Å². The van der Waals surface area contributed by atoms with Gasteiger partial charge in [-0.05, 0) is 43.7 Å². The molecular formula is C20H20FO7P. The molecule has 2 aromatic rings. The summed E-state index contributed by atoms with van der Waals surface area (Å²) < 4.78 is 61.8. The highest BCUT2D eigenvalue weighted by atomic mass is 31.2. The van der Waals surface area contributed by atoms with Crippen molar-refractivity contribution in [2.24, 2.45) is 0 Å². The van der Waals surface area contributed by atoms with Crippen LogP contribution >= 0.6 is 7.82 Å². The number of halogens is 1. The van der Waals surface area contributed by atoms with Gasteiger partial charge in [-0.2, -0.15) is 0 Å². The zero-order valence-electron chi connectivity index (χ0n) is 15.8. The highest BCUT2D eigenvalue weighted by molar-refractivity contribution is 7.49. The SMILES string of the molecule is CC1(C)O[C@H]2O[C@H]3[C@H](O[P@](=O)(Oc4ccccc4)O[C@@H]3c3ccc(F)cc3)[C@H]2O1. The maximum absolute atomic E-state index is 13.5. The molecule has 0 radical (unpaired) electrons. The molecule has 5 rings (SSSR count). The number of para-hydroxylation sites is 1. The van der Waals surface area contributed by atoms with Crippen LogP contribution in [0, 0.1) is 5.82 Å². The molecule has 0 N–H and O–H groups in total. The quantitative estimate of drug-likeness (QED) is 0.681. The summed E-state index contributed by atoms with van der Waals surface area (Å²) in [6, 6.07) is 14.3. The number of ether oxygens (including phenoxy) is 3. The van der Waals surface area contributed by atoms with Crippen LogP contribution in [0.1, 0.15) is 25.5 Å². The summed E-state index contributed by atoms with van der Waals surface area (Å²) >= 11 is 0. The summed E-state index contributed by atoms with van der Waals surface area (Å²) in [5.74, 6) is -0.914. The Labute approximate surface area is 167 Å². The van der Waals surface area contributed by atoms with Gasteiger partial charge in [-0.25, -0.2) is 8.96 Å². The lowest BCUT2D eigenvalue weighted by molar-refractivity contribution is -0.231. The average Bonchev–Trinajstić information content (AvgIpc) is 3.14. The first-order valence-corrected chi connectivity index (χ1v) is 10.8. The van der Waals surface area contributed by atoms with Crippen molar-refractivity contribution < 1.29 is 36.7 Å². The molecule has 0 bridgehead atoms. The van der Waals surface area contributed by atoms with E-state index >= 15 is 0 Å². The molecule has 29 heavy (non-hydrogen) atoms. The first-order chi connectivity index (χ1) is 13.8. The molecule has 7 nitrogen and oxygen atoms in total. The number of hydrogen-bond donors (Lipinski definition) is 0. The van der Waals surface area contributed by atoms with E-state index in [-0.39, 0.29) is 0 Å². The summed E-state index contributed by atoms with van der Waals surface area (Å²) in [6.07, 6.45) is -3.53. The fraction of sp³-hybridized carbons (Fsp3) is 0.400. The van der Waals surface area contributed by atoms with Crippen LogP contribution in [0.15, 0.2) is 54.6 Å². The summed E-state index contributed by atoms with van der Waals surface area (Å²) in [5, 5.41) is 0. The predicted octanol–water partition coefficient (Wildman–Crippen LogP) is 4.35. The van der Waals surface area contributed by atoms with Gasteiger partial charge in [-0.3, -0.25) is 9.05 Å². The normalized spacial score (nSPS) is 37.7. The van der Waals surface area contributed by atoms with Gasteiger partial charge in [-0.15, -0.1) is 0 Å². The molecule has 0 aromatic heterocycles. The second kappa shape index (κ2) is 6.87. The first-order valence-electron chi connectivity index (χ1n) is 9.30. The van der Waals surface area contributed by atoms with Crippen molar-refractivity contribution in [1.29, 1.82) is 0 Å². The molecule has 6 atom stereocenters. The third-order valence-corrected chi connectivity index (χ3v) is 6.40. The molecule has 9 heteroatoms. The van der Waals surface area contributed by atoms with Crippen LogP contribution < -0.4 is 4.52 Å². The molecule has 0 amide bonds. The van der Waals surface area contributed by atoms with Gasteiger partial charge in [0.2, 0.25) is 0 Å². The van der Waals surface area contributed by atoms with Gasteiger partial charge >= 0.3 is 7.82 Å². The van der Waals surface area contributed by atoms with Gasteiger partial charge < -0.3 is 18.7 Å². The van der Waals surface area contributed by atoms with E-state index in [0.717, 1.165) is 0 Å². The van der Waals surface area contributed by atoms with Gasteiger partial charge in [0.25, 0.3) is 0 Å². The van der Waals surface area contributed by atoms with Gasteiger partial charge in [0, 0.05) is 0 Å². The Morgan fingerprint density at radius 2 is 1.66 bits per heavy atom. The maximum Gasteiger partial charge on any atom is 0.531 e. The molecule has 154 valence electrons. The highest BCUT2D eigenvalue weighted by Gasteiger charge is 2.63. The van der Waals surface area contributed by atoms with E-state index in [4.69, 9.17) is 27.8 Å². The van der Waals surface area contributed by atoms with Gasteiger partial charge in [0.05, 0.1) is 0 Å². The second-order valence-corrected chi connectivity index (χ2v) is 9.07. The molecular weight excluding hydrogens is 402 g/mol. The van der Waals surface area contributed by atoms with Crippen LogP contribution in [-0.2, 0) is 27.8 Å². The van der Waals surface area contributed by atoms with Crippen molar-refractivity contribution in [3.63, 3.8) is 0 Å². The maximum atomic E-state index is 13.5. The highest BCUT2D eigenvalue weighted by Crippen LogP contribution is 2.62. The summed E-state index contributed by atoms with van der Waals surface area (Å²) in [6.45, 7) is 3.53. The lowest BCUT2D eigenvalue weighted by Gasteiger charge is -2.38. The molecule has 3 saturated heterocycles. The molecule has 3 fully saturated rings. The van der Waals surface area contributed by atoms with Crippen LogP contribution in [0.5, 0.6) is 5.75 Å². The zero-order chi connectivity index (χ0) is 20.2. The summed E-state index contributed by atoms with van der Waals surface area (Å²) in [4.78, 5) is 0. The van der Waals surface area contributed by atoms with Crippen molar-refractivity contribution in [1.82, 2.24) is 0 Å². The van der Waals surface area contributed by atoms with Gasteiger partial charge in [0.15, 0.2) is 12.1 Å². The molecule has 3 aliphatic rings. The number of rotatable bonds is 3. The number of fused-ring (bicyclic) bond motifs is 3. The van der Waals surface area contributed by atoms with E-state index in [1.807, 2.05) is 6.07 Å². The largest absolute Gasteiger partial charge is 0.531 e. The van der Waals surface area contributed by atoms with Gasteiger partial charge in [-0.1, -0.05) is 30.3 Å². The number of phosphoric ester groups is 1. The lowest BCUT2D eigenvalue weighted by Crippen LogP contribution is -2.43. The summed E-state index contributed by atoms with van der Waals surface area (Å²) in [5.41, 5.74) is 0.584. The molecule has 0 aliphatic carbocycles. The van der Waals surface area contributed by atoms with Crippen molar-refractivity contribution in [3.8, 4) is 5.75 Å². The third-order valence-electron chi connectivity index (χ3n) is 4.98. The Hall–Kier alpha value is -1.80. The second-order valence-electron chi connectivity index (χ2n) is 7.57. The molecule has 0 spiro atoms. The Bertz CT molecular complexity index is 936. The Kier molecular flexibility index (Phi) is 4.55. The molecule has 0 unspecified atom stereocenters. The van der Waals surface area contributed by atoms with Crippen LogP contribution in [-0.4, -0.2) is 30.4 Å². The minimum atomic E-state index is -4.04. The fourth-order valence-corrected chi connectivity index (χ4v) is 5.37. The monoisotopic (exact) mass is 422 g/mol. The van der Waals surface area contributed by atoms with Crippen molar-refractivity contribution in [2.75, 3.05) is 0 Å². The minimum Gasteiger partial charge on any atom is -0.404 e. The van der Waals surface area contributed by atoms with Crippen LogP contribution in [0.3, 0.4) is 0 Å². The minimum absolute atomic E-state index is 0.339. The van der Waals surface area contributed by atoms with Gasteiger partial charge in [0.1, 0.15) is 36.0 Å². The zero-order valence-corrected chi connectivity index (χ0v) is 16.7. The summed E-state index contributed by atoms with van der Waals surface area (Å²) in [7, 11) is -4.04. The lowest BCUT2D eigenvalue weighted by atomic mass is 9.99. The first kappa shape index (κ1) is 19.2. The van der Waals surface area contributed by atoms with Crippen LogP contribution in [0.2, 0.25) is 0 Å². The van der Waals surface area contributed by atoms with Crippen LogP contribution in [0.4, 0.5) is 4.39 Å². The Morgan fingerprint density at radius 1 is 0.931 bits per heavy atom. The number of benzene rings is 2. The predicted molar refractivity (Wildman–Crippen MR) is 98.5 cm³/mol. The van der Waals surface area contributed by atoms with E-state index in [0.29, 0.717) is 11.3 Å². The van der Waals surface area contributed by atoms with E-state index in [9.17, 15) is 8.96 Å².